The van der Waals surface area contributed by atoms with E-state index >= 15 is 0 Å². The molecule has 1 aliphatic rings. The second-order valence-corrected chi connectivity index (χ2v) is 4.59. The third-order valence-electron chi connectivity index (χ3n) is 3.20. The van der Waals surface area contributed by atoms with E-state index in [2.05, 4.69) is 16.1 Å². The van der Waals surface area contributed by atoms with Gasteiger partial charge in [-0.1, -0.05) is 0 Å². The highest BCUT2D eigenvalue weighted by molar-refractivity contribution is 5.98. The smallest absolute Gasteiger partial charge is 0.293 e. The summed E-state index contributed by atoms with van der Waals surface area (Å²) >= 11 is 0. The molecule has 0 aliphatic carbocycles. The van der Waals surface area contributed by atoms with Gasteiger partial charge in [-0.25, -0.2) is 0 Å². The number of nitrogen functional groups attached to an aromatic ring is 1. The number of benzene rings is 1. The van der Waals surface area contributed by atoms with Crippen LogP contribution in [0.1, 0.15) is 23.2 Å². The summed E-state index contributed by atoms with van der Waals surface area (Å²) in [4.78, 5) is 33.8. The first-order chi connectivity index (χ1) is 10.0. The van der Waals surface area contributed by atoms with Crippen molar-refractivity contribution in [3.63, 3.8) is 0 Å². The Morgan fingerprint density at radius 2 is 2.24 bits per heavy atom. The zero-order valence-corrected chi connectivity index (χ0v) is 11.1. The Bertz CT molecular complexity index is 589. The lowest BCUT2D eigenvalue weighted by molar-refractivity contribution is -0.384. The normalized spacial score (nSPS) is 17.8. The lowest BCUT2D eigenvalue weighted by Gasteiger charge is -2.22. The molecule has 2 rings (SSSR count). The number of nitro groups is 1. The molecule has 1 heterocycles. The third-order valence-corrected chi connectivity index (χ3v) is 3.20. The quantitative estimate of drug-likeness (QED) is 0.347. The van der Waals surface area contributed by atoms with E-state index in [1.807, 2.05) is 0 Å². The number of anilines is 1. The van der Waals surface area contributed by atoms with Crippen molar-refractivity contribution in [3.8, 4) is 0 Å². The van der Waals surface area contributed by atoms with E-state index in [1.54, 1.807) is 0 Å². The summed E-state index contributed by atoms with van der Waals surface area (Å²) in [5.41, 5.74) is 2.17. The molecular weight excluding hydrogens is 278 g/mol. The van der Waals surface area contributed by atoms with E-state index < -0.39 is 16.9 Å². The molecule has 0 spiro atoms. The molecular formula is C12H15N5O4. The van der Waals surface area contributed by atoms with Crippen LogP contribution in [-0.2, 0) is 4.79 Å². The molecule has 9 heteroatoms. The predicted octanol–water partition coefficient (Wildman–Crippen LogP) is -0.111. The Morgan fingerprint density at radius 1 is 1.48 bits per heavy atom. The van der Waals surface area contributed by atoms with Crippen LogP contribution in [0.3, 0.4) is 0 Å². The second-order valence-electron chi connectivity index (χ2n) is 4.59. The Morgan fingerprint density at radius 3 is 2.86 bits per heavy atom. The van der Waals surface area contributed by atoms with E-state index in [-0.39, 0.29) is 22.8 Å². The SMILES string of the molecule is NNc1cc(C(=O)NC2CCCNC2=O)ccc1[N+](=O)[O-]. The molecule has 1 aromatic rings. The summed E-state index contributed by atoms with van der Waals surface area (Å²) < 4.78 is 0. The lowest BCUT2D eigenvalue weighted by Crippen LogP contribution is -2.50. The average molecular weight is 293 g/mol. The maximum Gasteiger partial charge on any atom is 0.293 e. The van der Waals surface area contributed by atoms with E-state index in [4.69, 9.17) is 5.84 Å². The molecule has 1 saturated heterocycles. The highest BCUT2D eigenvalue weighted by Crippen LogP contribution is 2.24. The number of nitrogens with one attached hydrogen (secondary N) is 3. The zero-order valence-electron chi connectivity index (χ0n) is 11.1. The minimum atomic E-state index is -0.606. The molecule has 1 fully saturated rings. The number of hydrogen-bond acceptors (Lipinski definition) is 6. The van der Waals surface area contributed by atoms with Gasteiger partial charge < -0.3 is 16.1 Å². The number of carbonyl (C=O) groups is 2. The summed E-state index contributed by atoms with van der Waals surface area (Å²) in [6.07, 6.45) is 1.35. The van der Waals surface area contributed by atoms with Gasteiger partial charge in [0.1, 0.15) is 11.7 Å². The molecule has 1 atom stereocenters. The van der Waals surface area contributed by atoms with Gasteiger partial charge in [0, 0.05) is 18.2 Å². The van der Waals surface area contributed by atoms with E-state index in [1.165, 1.54) is 18.2 Å². The molecule has 9 nitrogen and oxygen atoms in total. The third kappa shape index (κ3) is 3.26. The summed E-state index contributed by atoms with van der Waals surface area (Å²) in [7, 11) is 0. The van der Waals surface area contributed by atoms with Crippen molar-refractivity contribution in [2.45, 2.75) is 18.9 Å². The van der Waals surface area contributed by atoms with Crippen LogP contribution in [0.5, 0.6) is 0 Å². The maximum atomic E-state index is 12.1. The van der Waals surface area contributed by atoms with Crippen molar-refractivity contribution in [1.29, 1.82) is 0 Å². The van der Waals surface area contributed by atoms with Crippen LogP contribution < -0.4 is 21.9 Å². The second kappa shape index (κ2) is 6.18. The summed E-state index contributed by atoms with van der Waals surface area (Å²) in [6, 6.07) is 3.18. The van der Waals surface area contributed by atoms with Gasteiger partial charge in [0.25, 0.3) is 11.6 Å². The largest absolute Gasteiger partial charge is 0.354 e. The predicted molar refractivity (Wildman–Crippen MR) is 74.4 cm³/mol. The number of hydrogen-bond donors (Lipinski definition) is 4. The van der Waals surface area contributed by atoms with E-state index in [0.29, 0.717) is 13.0 Å². The maximum absolute atomic E-state index is 12.1. The first-order valence-corrected chi connectivity index (χ1v) is 6.36. The molecule has 0 bridgehead atoms. The number of nitro benzene ring substituents is 1. The van der Waals surface area contributed by atoms with Crippen LogP contribution in [-0.4, -0.2) is 29.3 Å². The summed E-state index contributed by atoms with van der Waals surface area (Å²) in [5.74, 6) is 4.50. The van der Waals surface area contributed by atoms with Gasteiger partial charge in [-0.3, -0.25) is 25.5 Å². The number of nitrogens with zero attached hydrogens (tertiary/aromatic N) is 1. The molecule has 0 radical (unpaired) electrons. The number of hydrazine groups is 1. The van der Waals surface area contributed by atoms with E-state index in [0.717, 1.165) is 6.42 Å². The van der Waals surface area contributed by atoms with Crippen molar-refractivity contribution in [2.75, 3.05) is 12.0 Å². The van der Waals surface area contributed by atoms with Crippen LogP contribution >= 0.6 is 0 Å². The highest BCUT2D eigenvalue weighted by atomic mass is 16.6. The first-order valence-electron chi connectivity index (χ1n) is 6.36. The Hall–Kier alpha value is -2.68. The van der Waals surface area contributed by atoms with Crippen LogP contribution in [0.25, 0.3) is 0 Å². The fraction of sp³-hybridized carbons (Fsp3) is 0.333. The van der Waals surface area contributed by atoms with Gasteiger partial charge in [-0.05, 0) is 25.0 Å². The molecule has 21 heavy (non-hydrogen) atoms. The van der Waals surface area contributed by atoms with Crippen LogP contribution in [0.4, 0.5) is 11.4 Å². The zero-order chi connectivity index (χ0) is 15.4. The molecule has 112 valence electrons. The van der Waals surface area contributed by atoms with Gasteiger partial charge >= 0.3 is 0 Å². The fourth-order valence-corrected chi connectivity index (χ4v) is 2.10. The molecule has 1 unspecified atom stereocenters. The van der Waals surface area contributed by atoms with Crippen LogP contribution in [0, 0.1) is 10.1 Å². The Kier molecular flexibility index (Phi) is 4.33. The average Bonchev–Trinajstić information content (AvgIpc) is 2.48. The molecule has 0 aromatic heterocycles. The lowest BCUT2D eigenvalue weighted by atomic mass is 10.1. The van der Waals surface area contributed by atoms with Crippen molar-refractivity contribution < 1.29 is 14.5 Å². The number of amides is 2. The van der Waals surface area contributed by atoms with Gasteiger partial charge in [0.05, 0.1) is 4.92 Å². The van der Waals surface area contributed by atoms with Crippen molar-refractivity contribution >= 4 is 23.2 Å². The number of carbonyl (C=O) groups excluding carboxylic acids is 2. The molecule has 0 saturated carbocycles. The van der Waals surface area contributed by atoms with E-state index in [9.17, 15) is 19.7 Å². The fourth-order valence-electron chi connectivity index (χ4n) is 2.10. The number of rotatable bonds is 4. The van der Waals surface area contributed by atoms with Gasteiger partial charge in [0.15, 0.2) is 0 Å². The van der Waals surface area contributed by atoms with Gasteiger partial charge in [-0.2, -0.15) is 0 Å². The highest BCUT2D eigenvalue weighted by Gasteiger charge is 2.24. The standard InChI is InChI=1S/C12H15N5O4/c13-16-9-6-7(3-4-10(9)17(20)21)11(18)15-8-2-1-5-14-12(8)19/h3-4,6,8,16H,1-2,5,13H2,(H,14,19)(H,15,18). The monoisotopic (exact) mass is 293 g/mol. The number of nitrogens with two attached hydrogens (primary N) is 1. The Labute approximate surface area is 120 Å². The van der Waals surface area contributed by atoms with Crippen LogP contribution in [0.2, 0.25) is 0 Å². The summed E-state index contributed by atoms with van der Waals surface area (Å²) in [6.45, 7) is 0.601. The van der Waals surface area contributed by atoms with Gasteiger partial charge in [0.2, 0.25) is 5.91 Å². The molecule has 1 aliphatic heterocycles. The van der Waals surface area contributed by atoms with Crippen molar-refractivity contribution in [1.82, 2.24) is 10.6 Å². The minimum absolute atomic E-state index is 0.0285. The van der Waals surface area contributed by atoms with Gasteiger partial charge in [-0.15, -0.1) is 0 Å². The van der Waals surface area contributed by atoms with Crippen molar-refractivity contribution in [2.24, 2.45) is 5.84 Å². The molecule has 5 N–H and O–H groups in total. The van der Waals surface area contributed by atoms with Crippen LogP contribution in [0.15, 0.2) is 18.2 Å². The van der Waals surface area contributed by atoms with Crippen molar-refractivity contribution in [3.05, 3.63) is 33.9 Å². The number of piperidine rings is 1. The molecule has 1 aromatic carbocycles. The first kappa shape index (κ1) is 14.7. The topological polar surface area (TPSA) is 139 Å². The minimum Gasteiger partial charge on any atom is -0.354 e. The molecule has 2 amide bonds. The summed E-state index contributed by atoms with van der Waals surface area (Å²) in [5, 5.41) is 16.0. The Balaban J connectivity index is 2.15.